The molecule has 0 aliphatic heterocycles. The van der Waals surface area contributed by atoms with Crippen molar-refractivity contribution in [1.29, 1.82) is 0 Å². The Morgan fingerprint density at radius 2 is 1.47 bits per heavy atom. The molecule has 180 valence electrons. The van der Waals surface area contributed by atoms with E-state index in [1.165, 1.54) is 120 Å². The summed E-state index contributed by atoms with van der Waals surface area (Å²) < 4.78 is 15.3. The first kappa shape index (κ1) is 24.3. The molecule has 3 aliphatic carbocycles. The highest BCUT2D eigenvalue weighted by atomic mass is 19.1. The molecule has 1 aromatic carbocycles. The van der Waals surface area contributed by atoms with E-state index >= 15 is 4.39 Å². The van der Waals surface area contributed by atoms with Gasteiger partial charge in [0.1, 0.15) is 5.82 Å². The van der Waals surface area contributed by atoms with Crippen LogP contribution < -0.4 is 0 Å². The van der Waals surface area contributed by atoms with Crippen molar-refractivity contribution in [2.24, 2.45) is 23.7 Å². The number of hydrogen-bond acceptors (Lipinski definition) is 0. The van der Waals surface area contributed by atoms with Crippen molar-refractivity contribution in [2.75, 3.05) is 0 Å². The predicted octanol–water partition coefficient (Wildman–Crippen LogP) is 9.78. The molecule has 0 bridgehead atoms. The Bertz CT molecular complexity index is 707. The predicted molar refractivity (Wildman–Crippen MR) is 136 cm³/mol. The normalized spacial score (nSPS) is 30.0. The number of benzene rings is 1. The van der Waals surface area contributed by atoms with E-state index < -0.39 is 0 Å². The molecule has 5 atom stereocenters. The van der Waals surface area contributed by atoms with Crippen molar-refractivity contribution in [3.8, 4) is 0 Å². The molecule has 0 heterocycles. The quantitative estimate of drug-likeness (QED) is 0.317. The molecule has 4 rings (SSSR count). The maximum Gasteiger partial charge on any atom is 0.126 e. The Morgan fingerprint density at radius 1 is 0.719 bits per heavy atom. The van der Waals surface area contributed by atoms with Crippen molar-refractivity contribution >= 4 is 0 Å². The average molecular weight is 441 g/mol. The molecule has 32 heavy (non-hydrogen) atoms. The lowest BCUT2D eigenvalue weighted by atomic mass is 9.63. The van der Waals surface area contributed by atoms with Gasteiger partial charge in [-0.3, -0.25) is 0 Å². The zero-order valence-corrected chi connectivity index (χ0v) is 21.1. The molecule has 1 aromatic rings. The first-order chi connectivity index (χ1) is 15.7. The molecular formula is C31H49F. The summed E-state index contributed by atoms with van der Waals surface area (Å²) >= 11 is 0. The molecule has 2 saturated carbocycles. The van der Waals surface area contributed by atoms with E-state index in [4.69, 9.17) is 0 Å². The molecular weight excluding hydrogens is 391 g/mol. The fourth-order valence-corrected chi connectivity index (χ4v) is 7.49. The highest BCUT2D eigenvalue weighted by Gasteiger charge is 2.36. The first-order valence-corrected chi connectivity index (χ1v) is 14.5. The van der Waals surface area contributed by atoms with E-state index in [1.54, 1.807) is 0 Å². The zero-order chi connectivity index (χ0) is 22.3. The third-order valence-corrected chi connectivity index (χ3v) is 9.49. The van der Waals surface area contributed by atoms with Gasteiger partial charge in [0.2, 0.25) is 0 Å². The first-order valence-electron chi connectivity index (χ1n) is 14.5. The highest BCUT2D eigenvalue weighted by molar-refractivity contribution is 5.37. The largest absolute Gasteiger partial charge is 0.207 e. The van der Waals surface area contributed by atoms with Gasteiger partial charge in [0.25, 0.3) is 0 Å². The topological polar surface area (TPSA) is 0 Å². The van der Waals surface area contributed by atoms with Gasteiger partial charge >= 0.3 is 0 Å². The molecule has 0 saturated heterocycles. The number of rotatable bonds is 10. The Hall–Kier alpha value is -0.850. The fraction of sp³-hybridized carbons (Fsp3) is 0.806. The van der Waals surface area contributed by atoms with Crippen LogP contribution in [0.2, 0.25) is 0 Å². The van der Waals surface area contributed by atoms with Crippen molar-refractivity contribution in [1.82, 2.24) is 0 Å². The van der Waals surface area contributed by atoms with Crippen molar-refractivity contribution in [3.63, 3.8) is 0 Å². The SMILES string of the molecule is CCCCCCCC1CCc2cc(C3CCC4CC(CCCC)CCC4C3)c(F)cc2C1. The minimum absolute atomic E-state index is 0.118. The van der Waals surface area contributed by atoms with E-state index in [9.17, 15) is 0 Å². The third kappa shape index (κ3) is 6.18. The number of unbranched alkanes of at least 4 members (excludes halogenated alkanes) is 5. The summed E-state index contributed by atoms with van der Waals surface area (Å²) in [7, 11) is 0. The van der Waals surface area contributed by atoms with E-state index in [-0.39, 0.29) is 5.82 Å². The van der Waals surface area contributed by atoms with Crippen LogP contribution in [-0.4, -0.2) is 0 Å². The van der Waals surface area contributed by atoms with Crippen LogP contribution in [0.5, 0.6) is 0 Å². The van der Waals surface area contributed by atoms with Gasteiger partial charge in [-0.25, -0.2) is 4.39 Å². The molecule has 0 aromatic heterocycles. The van der Waals surface area contributed by atoms with Gasteiger partial charge in [0.05, 0.1) is 0 Å². The number of fused-ring (bicyclic) bond motifs is 2. The molecule has 0 nitrogen and oxygen atoms in total. The van der Waals surface area contributed by atoms with Gasteiger partial charge in [0.15, 0.2) is 0 Å². The lowest BCUT2D eigenvalue weighted by Gasteiger charge is -2.42. The van der Waals surface area contributed by atoms with E-state index in [0.717, 1.165) is 35.7 Å². The fourth-order valence-electron chi connectivity index (χ4n) is 7.49. The molecule has 0 N–H and O–H groups in total. The summed E-state index contributed by atoms with van der Waals surface area (Å²) in [4.78, 5) is 0. The van der Waals surface area contributed by atoms with Crippen LogP contribution in [-0.2, 0) is 12.8 Å². The summed E-state index contributed by atoms with van der Waals surface area (Å²) in [5.74, 6) is 4.15. The smallest absolute Gasteiger partial charge is 0.126 e. The molecule has 0 spiro atoms. The second-order valence-electron chi connectivity index (χ2n) is 11.8. The summed E-state index contributed by atoms with van der Waals surface area (Å²) in [6, 6.07) is 4.28. The van der Waals surface area contributed by atoms with E-state index in [0.29, 0.717) is 5.92 Å². The minimum atomic E-state index is 0.118. The monoisotopic (exact) mass is 440 g/mol. The third-order valence-electron chi connectivity index (χ3n) is 9.49. The average Bonchev–Trinajstić information content (AvgIpc) is 2.81. The van der Waals surface area contributed by atoms with Gasteiger partial charge < -0.3 is 0 Å². The van der Waals surface area contributed by atoms with Crippen LogP contribution in [0.15, 0.2) is 12.1 Å². The van der Waals surface area contributed by atoms with Gasteiger partial charge in [-0.05, 0) is 104 Å². The van der Waals surface area contributed by atoms with Crippen LogP contribution in [0, 0.1) is 29.5 Å². The van der Waals surface area contributed by atoms with Gasteiger partial charge in [-0.2, -0.15) is 0 Å². The number of aryl methyl sites for hydroxylation is 1. The van der Waals surface area contributed by atoms with E-state index in [2.05, 4.69) is 19.9 Å². The standard InChI is InChI=1S/C31H49F/c1-3-5-7-8-9-11-24-13-15-27-21-30(31(32)22-29(27)19-24)28-17-16-25-18-23(10-6-4-2)12-14-26(25)20-28/h21-26,28H,3-20H2,1-2H3. The molecule has 3 aliphatic rings. The van der Waals surface area contributed by atoms with Gasteiger partial charge in [0, 0.05) is 0 Å². The molecule has 2 fully saturated rings. The van der Waals surface area contributed by atoms with Crippen LogP contribution in [0.4, 0.5) is 4.39 Å². The second kappa shape index (κ2) is 12.0. The van der Waals surface area contributed by atoms with Crippen LogP contribution in [0.3, 0.4) is 0 Å². The van der Waals surface area contributed by atoms with Crippen molar-refractivity contribution in [3.05, 3.63) is 34.6 Å². The van der Waals surface area contributed by atoms with Crippen molar-refractivity contribution < 1.29 is 4.39 Å². The minimum Gasteiger partial charge on any atom is -0.207 e. The summed E-state index contributed by atoms with van der Waals surface area (Å²) in [5, 5.41) is 0. The summed E-state index contributed by atoms with van der Waals surface area (Å²) in [6.45, 7) is 4.60. The Kier molecular flexibility index (Phi) is 9.13. The molecule has 5 unspecified atom stereocenters. The van der Waals surface area contributed by atoms with Crippen LogP contribution >= 0.6 is 0 Å². The second-order valence-corrected chi connectivity index (χ2v) is 11.8. The molecule has 0 radical (unpaired) electrons. The molecule has 1 heteroatoms. The van der Waals surface area contributed by atoms with Crippen molar-refractivity contribution in [2.45, 2.75) is 135 Å². The lowest BCUT2D eigenvalue weighted by molar-refractivity contribution is 0.112. The molecule has 0 amide bonds. The van der Waals surface area contributed by atoms with Gasteiger partial charge in [-0.15, -0.1) is 0 Å². The van der Waals surface area contributed by atoms with Crippen LogP contribution in [0.25, 0.3) is 0 Å². The Labute approximate surface area is 198 Å². The lowest BCUT2D eigenvalue weighted by Crippen LogP contribution is -2.31. The maximum atomic E-state index is 15.3. The van der Waals surface area contributed by atoms with E-state index in [1.807, 2.05) is 6.07 Å². The summed E-state index contributed by atoms with van der Waals surface area (Å²) in [5.41, 5.74) is 3.89. The Morgan fingerprint density at radius 3 is 2.31 bits per heavy atom. The summed E-state index contributed by atoms with van der Waals surface area (Å²) in [6.07, 6.45) is 24.1. The number of hydrogen-bond donors (Lipinski definition) is 0. The maximum absolute atomic E-state index is 15.3. The Balaban J connectivity index is 1.31. The van der Waals surface area contributed by atoms with Crippen LogP contribution in [0.1, 0.15) is 139 Å². The van der Waals surface area contributed by atoms with Gasteiger partial charge in [-0.1, -0.05) is 84.1 Å². The zero-order valence-electron chi connectivity index (χ0n) is 21.1. The number of halogens is 1. The highest BCUT2D eigenvalue weighted by Crippen LogP contribution is 2.49.